The van der Waals surface area contributed by atoms with Gasteiger partial charge in [-0.1, -0.05) is 148 Å². The number of aliphatic hydroxyl groups excluding tert-OH is 4. The number of carbonyl (C=O) groups excluding carboxylic acids is 2. The highest BCUT2D eigenvalue weighted by Crippen LogP contribution is 2.22. The summed E-state index contributed by atoms with van der Waals surface area (Å²) in [6.45, 7) is 3.41. The van der Waals surface area contributed by atoms with Crippen LogP contribution >= 0.6 is 0 Å². The molecule has 6 atom stereocenters. The summed E-state index contributed by atoms with van der Waals surface area (Å²) in [4.78, 5) is 25.2. The lowest BCUT2D eigenvalue weighted by Gasteiger charge is -2.39. The van der Waals surface area contributed by atoms with E-state index in [-0.39, 0.29) is 32.0 Å². The van der Waals surface area contributed by atoms with Crippen LogP contribution in [0.4, 0.5) is 0 Å². The lowest BCUT2D eigenvalue weighted by molar-refractivity contribution is -0.305. The Morgan fingerprint density at radius 3 is 1.50 bits per heavy atom. The number of esters is 2. The molecule has 1 heterocycles. The largest absolute Gasteiger partial charge is 0.462 e. The van der Waals surface area contributed by atoms with Gasteiger partial charge in [-0.15, -0.1) is 0 Å². The normalized spacial score (nSPS) is 21.1. The van der Waals surface area contributed by atoms with E-state index in [9.17, 15) is 30.0 Å². The SMILES string of the molecule is CCCCCCC/C=C/CCCCCCCC(=O)O[C@@H](COC(=O)CCCCCCCCCCCCCCC)CO[C@H]1O[C@@H](CO)[C@@H](O)C(O)C1O. The topological polar surface area (TPSA) is 152 Å². The first-order chi connectivity index (χ1) is 25.3. The molecule has 1 fully saturated rings. The van der Waals surface area contributed by atoms with Gasteiger partial charge in [0.25, 0.3) is 0 Å². The zero-order chi connectivity index (χ0) is 38.1. The Balaban J connectivity index is 2.36. The summed E-state index contributed by atoms with van der Waals surface area (Å²) in [5, 5.41) is 40.0. The van der Waals surface area contributed by atoms with Gasteiger partial charge in [0, 0.05) is 12.8 Å². The van der Waals surface area contributed by atoms with Gasteiger partial charge in [-0.2, -0.15) is 0 Å². The van der Waals surface area contributed by atoms with E-state index in [1.807, 2.05) is 0 Å². The fourth-order valence-corrected chi connectivity index (χ4v) is 6.48. The molecule has 306 valence electrons. The number of rotatable bonds is 35. The maximum atomic E-state index is 12.7. The number of aliphatic hydroxyl groups is 4. The first-order valence-electron chi connectivity index (χ1n) is 21.3. The molecule has 0 radical (unpaired) electrons. The second-order valence-corrected chi connectivity index (χ2v) is 14.8. The first-order valence-corrected chi connectivity index (χ1v) is 21.3. The molecule has 1 aliphatic heterocycles. The average Bonchev–Trinajstić information content (AvgIpc) is 3.14. The molecule has 1 rings (SSSR count). The highest BCUT2D eigenvalue weighted by atomic mass is 16.7. The molecule has 2 unspecified atom stereocenters. The molecule has 0 saturated carbocycles. The van der Waals surface area contributed by atoms with Crippen LogP contribution in [0.25, 0.3) is 0 Å². The van der Waals surface area contributed by atoms with Crippen molar-refractivity contribution in [3.05, 3.63) is 12.2 Å². The second kappa shape index (κ2) is 34.0. The Morgan fingerprint density at radius 1 is 0.577 bits per heavy atom. The van der Waals surface area contributed by atoms with Gasteiger partial charge < -0.3 is 39.4 Å². The minimum absolute atomic E-state index is 0.216. The predicted molar refractivity (Wildman–Crippen MR) is 206 cm³/mol. The number of unbranched alkanes of at least 4 members (excludes halogenated alkanes) is 22. The van der Waals surface area contributed by atoms with Crippen LogP contribution in [0.3, 0.4) is 0 Å². The van der Waals surface area contributed by atoms with Gasteiger partial charge >= 0.3 is 11.9 Å². The van der Waals surface area contributed by atoms with E-state index in [1.165, 1.54) is 103 Å². The van der Waals surface area contributed by atoms with Crippen molar-refractivity contribution in [3.8, 4) is 0 Å². The van der Waals surface area contributed by atoms with Gasteiger partial charge in [0.05, 0.1) is 13.2 Å². The standard InChI is InChI=1S/C42H78O10/c1-3-5-7-9-11-13-15-17-19-21-23-25-27-29-31-38(45)51-35(34-50-42-41(48)40(47)39(46)36(32-43)52-42)33-49-37(44)30-28-26-24-22-20-18-16-14-12-10-8-6-4-2/h15,17,35-36,39-43,46-48H,3-14,16,18-34H2,1-2H3/b17-15+/t35-,36-,39+,40?,41?,42-/m0/s1. The fraction of sp³-hybridized carbons (Fsp3) is 0.905. The number of allylic oxidation sites excluding steroid dienone is 2. The first kappa shape index (κ1) is 48.5. The van der Waals surface area contributed by atoms with E-state index < -0.39 is 49.4 Å². The van der Waals surface area contributed by atoms with Gasteiger partial charge in [0.2, 0.25) is 0 Å². The summed E-state index contributed by atoms with van der Waals surface area (Å²) < 4.78 is 22.1. The third-order valence-corrected chi connectivity index (χ3v) is 9.90. The van der Waals surface area contributed by atoms with Crippen LogP contribution in [0.1, 0.15) is 187 Å². The summed E-state index contributed by atoms with van der Waals surface area (Å²) in [5.74, 6) is -0.810. The Kier molecular flexibility index (Phi) is 31.7. The summed E-state index contributed by atoms with van der Waals surface area (Å²) >= 11 is 0. The van der Waals surface area contributed by atoms with Gasteiger partial charge in [-0.3, -0.25) is 9.59 Å². The smallest absolute Gasteiger partial charge is 0.306 e. The van der Waals surface area contributed by atoms with Crippen LogP contribution in [-0.4, -0.2) is 89.0 Å². The lowest BCUT2D eigenvalue weighted by atomic mass is 9.99. The molecular weight excluding hydrogens is 664 g/mol. The van der Waals surface area contributed by atoms with Crippen molar-refractivity contribution in [1.29, 1.82) is 0 Å². The fourth-order valence-electron chi connectivity index (χ4n) is 6.48. The molecule has 0 spiro atoms. The molecular formula is C42H78O10. The Morgan fingerprint density at radius 2 is 1.02 bits per heavy atom. The van der Waals surface area contributed by atoms with E-state index in [1.54, 1.807) is 0 Å². The van der Waals surface area contributed by atoms with Crippen LogP contribution in [-0.2, 0) is 28.5 Å². The highest BCUT2D eigenvalue weighted by Gasteiger charge is 2.44. The third kappa shape index (κ3) is 25.5. The minimum Gasteiger partial charge on any atom is -0.462 e. The molecule has 0 amide bonds. The third-order valence-electron chi connectivity index (χ3n) is 9.90. The summed E-state index contributed by atoms with van der Waals surface area (Å²) in [7, 11) is 0. The van der Waals surface area contributed by atoms with Crippen molar-refractivity contribution in [3.63, 3.8) is 0 Å². The van der Waals surface area contributed by atoms with E-state index in [0.717, 1.165) is 51.4 Å². The maximum Gasteiger partial charge on any atom is 0.306 e. The van der Waals surface area contributed by atoms with E-state index in [4.69, 9.17) is 18.9 Å². The van der Waals surface area contributed by atoms with Crippen LogP contribution in [0, 0.1) is 0 Å². The molecule has 4 N–H and O–H groups in total. The quantitative estimate of drug-likeness (QED) is 0.0283. The maximum absolute atomic E-state index is 12.7. The van der Waals surface area contributed by atoms with Crippen molar-refractivity contribution in [2.45, 2.75) is 224 Å². The van der Waals surface area contributed by atoms with Crippen molar-refractivity contribution in [1.82, 2.24) is 0 Å². The molecule has 52 heavy (non-hydrogen) atoms. The minimum atomic E-state index is -1.59. The molecule has 0 bridgehead atoms. The molecule has 0 aromatic carbocycles. The van der Waals surface area contributed by atoms with Crippen LogP contribution in [0.15, 0.2) is 12.2 Å². The van der Waals surface area contributed by atoms with Crippen LogP contribution < -0.4 is 0 Å². The van der Waals surface area contributed by atoms with Crippen LogP contribution in [0.5, 0.6) is 0 Å². The van der Waals surface area contributed by atoms with Crippen molar-refractivity contribution >= 4 is 11.9 Å². The highest BCUT2D eigenvalue weighted by molar-refractivity contribution is 5.70. The monoisotopic (exact) mass is 743 g/mol. The number of hydrogen-bond acceptors (Lipinski definition) is 10. The molecule has 1 aliphatic rings. The zero-order valence-corrected chi connectivity index (χ0v) is 33.1. The number of hydrogen-bond donors (Lipinski definition) is 4. The number of ether oxygens (including phenoxy) is 4. The molecule has 0 aromatic heterocycles. The Hall–Kier alpha value is -1.56. The predicted octanol–water partition coefficient (Wildman–Crippen LogP) is 8.39. The van der Waals surface area contributed by atoms with Crippen molar-refractivity contribution < 1.29 is 49.0 Å². The molecule has 1 saturated heterocycles. The van der Waals surface area contributed by atoms with Gasteiger partial charge in [0.1, 0.15) is 31.0 Å². The van der Waals surface area contributed by atoms with E-state index in [2.05, 4.69) is 26.0 Å². The summed E-state index contributed by atoms with van der Waals surface area (Å²) in [6, 6.07) is 0. The molecule has 0 aromatic rings. The van der Waals surface area contributed by atoms with Gasteiger partial charge in [-0.25, -0.2) is 0 Å². The van der Waals surface area contributed by atoms with Crippen molar-refractivity contribution in [2.75, 3.05) is 19.8 Å². The second-order valence-electron chi connectivity index (χ2n) is 14.8. The van der Waals surface area contributed by atoms with Crippen molar-refractivity contribution in [2.24, 2.45) is 0 Å². The molecule has 10 nitrogen and oxygen atoms in total. The van der Waals surface area contributed by atoms with Gasteiger partial charge in [0.15, 0.2) is 12.4 Å². The average molecular weight is 743 g/mol. The van der Waals surface area contributed by atoms with Gasteiger partial charge in [-0.05, 0) is 38.5 Å². The van der Waals surface area contributed by atoms with E-state index in [0.29, 0.717) is 6.42 Å². The lowest BCUT2D eigenvalue weighted by Crippen LogP contribution is -2.59. The van der Waals surface area contributed by atoms with E-state index >= 15 is 0 Å². The Labute approximate surface area is 316 Å². The number of carbonyl (C=O) groups is 2. The Bertz CT molecular complexity index is 866. The summed E-state index contributed by atoms with van der Waals surface area (Å²) in [6.07, 6.45) is 26.4. The molecule has 0 aliphatic carbocycles. The molecule has 10 heteroatoms. The summed E-state index contributed by atoms with van der Waals surface area (Å²) in [5.41, 5.74) is 0. The van der Waals surface area contributed by atoms with Crippen LogP contribution in [0.2, 0.25) is 0 Å². The zero-order valence-electron chi connectivity index (χ0n) is 33.1.